The third-order valence-corrected chi connectivity index (χ3v) is 4.24. The van der Waals surface area contributed by atoms with Gasteiger partial charge < -0.3 is 10.4 Å². The molecule has 0 saturated heterocycles. The van der Waals surface area contributed by atoms with Crippen LogP contribution in [-0.2, 0) is 0 Å². The van der Waals surface area contributed by atoms with E-state index in [-0.39, 0.29) is 17.0 Å². The van der Waals surface area contributed by atoms with Crippen LogP contribution in [0.2, 0.25) is 0 Å². The molecular formula is C14H21N3O2. The molecule has 0 radical (unpaired) electrons. The van der Waals surface area contributed by atoms with Crippen molar-refractivity contribution in [3.8, 4) is 0 Å². The molecule has 1 unspecified atom stereocenters. The van der Waals surface area contributed by atoms with Crippen molar-refractivity contribution in [2.24, 2.45) is 5.41 Å². The van der Waals surface area contributed by atoms with Crippen LogP contribution in [0, 0.1) is 19.3 Å². The highest BCUT2D eigenvalue weighted by Crippen LogP contribution is 2.39. The predicted octanol–water partition coefficient (Wildman–Crippen LogP) is 2.78. The summed E-state index contributed by atoms with van der Waals surface area (Å²) < 4.78 is 0. The summed E-state index contributed by atoms with van der Waals surface area (Å²) in [4.78, 5) is 11.4. The maximum absolute atomic E-state index is 11.4. The molecule has 0 bridgehead atoms. The zero-order valence-electron chi connectivity index (χ0n) is 11.9. The molecule has 5 heteroatoms. The van der Waals surface area contributed by atoms with Crippen molar-refractivity contribution in [3.05, 3.63) is 16.8 Å². The minimum atomic E-state index is -0.950. The van der Waals surface area contributed by atoms with Gasteiger partial charge in [-0.15, -0.1) is 5.10 Å². The molecule has 1 fully saturated rings. The lowest BCUT2D eigenvalue weighted by atomic mass is 9.87. The lowest BCUT2D eigenvalue weighted by Crippen LogP contribution is -2.32. The Balaban J connectivity index is 2.35. The zero-order chi connectivity index (χ0) is 14.2. The molecule has 1 atom stereocenters. The number of carboxylic acid groups (broad SMARTS) is 1. The van der Waals surface area contributed by atoms with Crippen LogP contribution in [0.1, 0.15) is 54.7 Å². The first-order valence-electron chi connectivity index (χ1n) is 6.66. The van der Waals surface area contributed by atoms with E-state index < -0.39 is 5.97 Å². The number of hydrogen-bond donors (Lipinski definition) is 2. The second-order valence-electron chi connectivity index (χ2n) is 6.02. The third-order valence-electron chi connectivity index (χ3n) is 4.24. The number of rotatable bonds is 3. The second kappa shape index (κ2) is 4.79. The summed E-state index contributed by atoms with van der Waals surface area (Å²) in [6, 6.07) is 0.252. The molecule has 1 aromatic heterocycles. The van der Waals surface area contributed by atoms with Gasteiger partial charge >= 0.3 is 5.97 Å². The summed E-state index contributed by atoms with van der Waals surface area (Å²) in [5, 5.41) is 20.7. The van der Waals surface area contributed by atoms with Gasteiger partial charge in [0, 0.05) is 6.04 Å². The van der Waals surface area contributed by atoms with Crippen molar-refractivity contribution in [2.45, 2.75) is 53.0 Å². The lowest BCUT2D eigenvalue weighted by molar-refractivity contribution is 0.0696. The molecule has 2 N–H and O–H groups in total. The van der Waals surface area contributed by atoms with Gasteiger partial charge in [0.25, 0.3) is 0 Å². The van der Waals surface area contributed by atoms with Crippen molar-refractivity contribution >= 4 is 11.8 Å². The van der Waals surface area contributed by atoms with Gasteiger partial charge in [-0.25, -0.2) is 4.79 Å². The van der Waals surface area contributed by atoms with E-state index in [9.17, 15) is 9.90 Å². The van der Waals surface area contributed by atoms with E-state index in [1.54, 1.807) is 13.8 Å². The minimum Gasteiger partial charge on any atom is -0.478 e. The van der Waals surface area contributed by atoms with E-state index in [1.807, 2.05) is 0 Å². The number of hydrogen-bond acceptors (Lipinski definition) is 4. The summed E-state index contributed by atoms with van der Waals surface area (Å²) in [5.41, 5.74) is 1.75. The van der Waals surface area contributed by atoms with Gasteiger partial charge in [-0.05, 0) is 37.7 Å². The molecule has 1 aromatic rings. The Morgan fingerprint density at radius 3 is 2.58 bits per heavy atom. The zero-order valence-corrected chi connectivity index (χ0v) is 11.9. The predicted molar refractivity (Wildman–Crippen MR) is 73.5 cm³/mol. The van der Waals surface area contributed by atoms with Crippen LogP contribution in [0.25, 0.3) is 0 Å². The van der Waals surface area contributed by atoms with Crippen molar-refractivity contribution in [3.63, 3.8) is 0 Å². The Bertz CT molecular complexity index is 512. The minimum absolute atomic E-state index is 0.163. The third kappa shape index (κ3) is 2.55. The van der Waals surface area contributed by atoms with Gasteiger partial charge in [0.2, 0.25) is 0 Å². The molecule has 1 saturated carbocycles. The highest BCUT2D eigenvalue weighted by molar-refractivity contribution is 5.94. The maximum atomic E-state index is 11.4. The number of nitrogens with one attached hydrogen (secondary N) is 1. The van der Waals surface area contributed by atoms with Crippen LogP contribution in [-0.4, -0.2) is 27.3 Å². The number of nitrogens with zero attached hydrogens (tertiary/aromatic N) is 2. The monoisotopic (exact) mass is 263 g/mol. The van der Waals surface area contributed by atoms with E-state index in [1.165, 1.54) is 0 Å². The number of aromatic nitrogens is 2. The van der Waals surface area contributed by atoms with Crippen LogP contribution in [0.15, 0.2) is 0 Å². The van der Waals surface area contributed by atoms with Crippen LogP contribution in [0.4, 0.5) is 5.82 Å². The molecule has 104 valence electrons. The molecule has 2 rings (SSSR count). The summed E-state index contributed by atoms with van der Waals surface area (Å²) >= 11 is 0. The highest BCUT2D eigenvalue weighted by atomic mass is 16.4. The van der Waals surface area contributed by atoms with Crippen LogP contribution in [0.3, 0.4) is 0 Å². The Kier molecular flexibility index (Phi) is 3.47. The van der Waals surface area contributed by atoms with E-state index in [0.717, 1.165) is 19.3 Å². The van der Waals surface area contributed by atoms with Gasteiger partial charge in [-0.1, -0.05) is 20.3 Å². The fraction of sp³-hybridized carbons (Fsp3) is 0.643. The molecule has 1 aliphatic rings. The first kappa shape index (κ1) is 13.8. The van der Waals surface area contributed by atoms with Gasteiger partial charge in [-0.2, -0.15) is 5.10 Å². The lowest BCUT2D eigenvalue weighted by Gasteiger charge is -2.28. The van der Waals surface area contributed by atoms with E-state index in [4.69, 9.17) is 0 Å². The normalized spacial score (nSPS) is 21.4. The van der Waals surface area contributed by atoms with Gasteiger partial charge in [0.1, 0.15) is 5.56 Å². The molecule has 0 amide bonds. The summed E-state index contributed by atoms with van der Waals surface area (Å²) in [7, 11) is 0. The van der Waals surface area contributed by atoms with Gasteiger partial charge in [-0.3, -0.25) is 0 Å². The van der Waals surface area contributed by atoms with E-state index >= 15 is 0 Å². The van der Waals surface area contributed by atoms with E-state index in [0.29, 0.717) is 17.1 Å². The number of aryl methyl sites for hydroxylation is 1. The van der Waals surface area contributed by atoms with Crippen molar-refractivity contribution in [1.29, 1.82) is 0 Å². The SMILES string of the molecule is Cc1nnc(NC2CCCC2(C)C)c(C(=O)O)c1C. The number of carboxylic acids is 1. The largest absolute Gasteiger partial charge is 0.478 e. The Hall–Kier alpha value is -1.65. The standard InChI is InChI=1S/C14H21N3O2/c1-8-9(2)16-17-12(11(8)13(18)19)15-10-6-5-7-14(10,3)4/h10H,5-7H2,1-4H3,(H,15,17)(H,18,19). The highest BCUT2D eigenvalue weighted by Gasteiger charge is 2.35. The fourth-order valence-electron chi connectivity index (χ4n) is 2.73. The number of aromatic carboxylic acids is 1. The first-order valence-corrected chi connectivity index (χ1v) is 6.66. The second-order valence-corrected chi connectivity index (χ2v) is 6.02. The Morgan fingerprint density at radius 2 is 2.05 bits per heavy atom. The Labute approximate surface area is 113 Å². The van der Waals surface area contributed by atoms with Crippen molar-refractivity contribution in [1.82, 2.24) is 10.2 Å². The molecule has 19 heavy (non-hydrogen) atoms. The number of anilines is 1. The summed E-state index contributed by atoms with van der Waals surface area (Å²) in [6.45, 7) is 7.95. The van der Waals surface area contributed by atoms with Gasteiger partial charge in [0.05, 0.1) is 5.69 Å². The van der Waals surface area contributed by atoms with Crippen LogP contribution >= 0.6 is 0 Å². The first-order chi connectivity index (χ1) is 8.83. The fourth-order valence-corrected chi connectivity index (χ4v) is 2.73. The average molecular weight is 263 g/mol. The molecular weight excluding hydrogens is 242 g/mol. The summed E-state index contributed by atoms with van der Waals surface area (Å²) in [6.07, 6.45) is 3.34. The van der Waals surface area contributed by atoms with Crippen molar-refractivity contribution < 1.29 is 9.90 Å². The molecule has 5 nitrogen and oxygen atoms in total. The molecule has 0 spiro atoms. The molecule has 1 aliphatic carbocycles. The summed E-state index contributed by atoms with van der Waals surface area (Å²) in [5.74, 6) is -0.552. The quantitative estimate of drug-likeness (QED) is 0.877. The maximum Gasteiger partial charge on any atom is 0.339 e. The van der Waals surface area contributed by atoms with Crippen molar-refractivity contribution in [2.75, 3.05) is 5.32 Å². The topological polar surface area (TPSA) is 75.1 Å². The molecule has 0 aromatic carbocycles. The smallest absolute Gasteiger partial charge is 0.339 e. The average Bonchev–Trinajstić information content (AvgIpc) is 2.63. The Morgan fingerprint density at radius 1 is 1.37 bits per heavy atom. The van der Waals surface area contributed by atoms with E-state index in [2.05, 4.69) is 29.4 Å². The van der Waals surface area contributed by atoms with Gasteiger partial charge in [0.15, 0.2) is 5.82 Å². The number of carbonyl (C=O) groups is 1. The van der Waals surface area contributed by atoms with Crippen LogP contribution in [0.5, 0.6) is 0 Å². The van der Waals surface area contributed by atoms with Crippen LogP contribution < -0.4 is 5.32 Å². The molecule has 1 heterocycles. The molecule has 0 aliphatic heterocycles.